The number of anilines is 1. The molecule has 4 N–H and O–H groups in total. The highest BCUT2D eigenvalue weighted by atomic mass is 16.2. The van der Waals surface area contributed by atoms with Crippen LogP contribution in [0.2, 0.25) is 0 Å². The van der Waals surface area contributed by atoms with Crippen molar-refractivity contribution >= 4 is 22.9 Å². The first-order valence-electron chi connectivity index (χ1n) is 6.13. The number of benzene rings is 1. The molecule has 0 saturated carbocycles. The van der Waals surface area contributed by atoms with Crippen molar-refractivity contribution in [2.75, 3.05) is 5.32 Å². The van der Waals surface area contributed by atoms with Gasteiger partial charge in [0.1, 0.15) is 0 Å². The summed E-state index contributed by atoms with van der Waals surface area (Å²) in [4.78, 5) is 19.2. The molecule has 5 heteroatoms. The van der Waals surface area contributed by atoms with Crippen molar-refractivity contribution < 1.29 is 4.79 Å². The largest absolute Gasteiger partial charge is 0.324 e. The van der Waals surface area contributed by atoms with E-state index in [4.69, 9.17) is 5.73 Å². The first-order chi connectivity index (χ1) is 8.61. The smallest absolute Gasteiger partial charge is 0.243 e. The van der Waals surface area contributed by atoms with Crippen LogP contribution < -0.4 is 11.1 Å². The van der Waals surface area contributed by atoms with Crippen molar-refractivity contribution in [2.24, 2.45) is 11.7 Å². The number of hydrogen-bond donors (Lipinski definition) is 3. The highest BCUT2D eigenvalue weighted by Crippen LogP contribution is 2.14. The molecule has 1 aromatic carbocycles. The number of carbonyl (C=O) groups excluding carboxylic acids is 1. The van der Waals surface area contributed by atoms with Gasteiger partial charge in [0.2, 0.25) is 11.9 Å². The minimum atomic E-state index is -0.511. The van der Waals surface area contributed by atoms with E-state index in [-0.39, 0.29) is 11.8 Å². The minimum absolute atomic E-state index is 0.148. The third-order valence-electron chi connectivity index (χ3n) is 3.19. The lowest BCUT2D eigenvalue weighted by atomic mass is 10.00. The summed E-state index contributed by atoms with van der Waals surface area (Å²) in [7, 11) is 0. The highest BCUT2D eigenvalue weighted by molar-refractivity contribution is 5.94. The fourth-order valence-electron chi connectivity index (χ4n) is 1.72. The van der Waals surface area contributed by atoms with Crippen molar-refractivity contribution in [3.8, 4) is 0 Å². The molecule has 96 valence electrons. The summed E-state index contributed by atoms with van der Waals surface area (Å²) in [6.07, 6.45) is 0.870. The molecular weight excluding hydrogens is 228 g/mol. The number of carbonyl (C=O) groups is 1. The Morgan fingerprint density at radius 1 is 1.50 bits per heavy atom. The summed E-state index contributed by atoms with van der Waals surface area (Å²) in [5, 5.41) is 2.72. The SMILES string of the molecule is CCC(C)C(N)C(=O)Nc1nc2ccccc2[nH]1. The monoisotopic (exact) mass is 246 g/mol. The van der Waals surface area contributed by atoms with E-state index in [0.717, 1.165) is 17.5 Å². The molecule has 0 aliphatic carbocycles. The van der Waals surface area contributed by atoms with Crippen LogP contribution in [0.15, 0.2) is 24.3 Å². The van der Waals surface area contributed by atoms with Crippen molar-refractivity contribution in [2.45, 2.75) is 26.3 Å². The van der Waals surface area contributed by atoms with E-state index in [1.807, 2.05) is 38.1 Å². The van der Waals surface area contributed by atoms with Crippen molar-refractivity contribution in [3.63, 3.8) is 0 Å². The molecule has 0 spiro atoms. The Balaban J connectivity index is 2.11. The van der Waals surface area contributed by atoms with Gasteiger partial charge in [-0.25, -0.2) is 4.98 Å². The Hall–Kier alpha value is -1.88. The van der Waals surface area contributed by atoms with Gasteiger partial charge in [-0.1, -0.05) is 32.4 Å². The molecule has 5 nitrogen and oxygen atoms in total. The molecule has 2 unspecified atom stereocenters. The zero-order valence-electron chi connectivity index (χ0n) is 10.6. The lowest BCUT2D eigenvalue weighted by Crippen LogP contribution is -2.40. The Morgan fingerprint density at radius 2 is 2.22 bits per heavy atom. The van der Waals surface area contributed by atoms with Crippen molar-refractivity contribution in [3.05, 3.63) is 24.3 Å². The second kappa shape index (κ2) is 5.18. The number of para-hydroxylation sites is 2. The molecule has 18 heavy (non-hydrogen) atoms. The molecule has 0 saturated heterocycles. The number of aromatic nitrogens is 2. The first kappa shape index (κ1) is 12.6. The van der Waals surface area contributed by atoms with Crippen LogP contribution in [-0.4, -0.2) is 21.9 Å². The number of nitrogens with one attached hydrogen (secondary N) is 2. The predicted octanol–water partition coefficient (Wildman–Crippen LogP) is 1.87. The maximum atomic E-state index is 11.9. The number of fused-ring (bicyclic) bond motifs is 1. The van der Waals surface area contributed by atoms with Crippen molar-refractivity contribution in [1.29, 1.82) is 0 Å². The molecule has 0 aliphatic rings. The topological polar surface area (TPSA) is 83.8 Å². The Kier molecular flexibility index (Phi) is 3.62. The van der Waals surface area contributed by atoms with Gasteiger partial charge >= 0.3 is 0 Å². The summed E-state index contributed by atoms with van der Waals surface area (Å²) in [5.41, 5.74) is 7.58. The van der Waals surface area contributed by atoms with E-state index >= 15 is 0 Å². The van der Waals surface area contributed by atoms with Crippen LogP contribution in [0.5, 0.6) is 0 Å². The van der Waals surface area contributed by atoms with Gasteiger partial charge in [-0.3, -0.25) is 10.1 Å². The Morgan fingerprint density at radius 3 is 2.89 bits per heavy atom. The molecule has 0 radical (unpaired) electrons. The number of amides is 1. The van der Waals surface area contributed by atoms with E-state index in [2.05, 4.69) is 15.3 Å². The summed E-state index contributed by atoms with van der Waals surface area (Å²) in [6, 6.07) is 7.10. The van der Waals surface area contributed by atoms with Gasteiger partial charge in [-0.15, -0.1) is 0 Å². The fraction of sp³-hybridized carbons (Fsp3) is 0.385. The first-order valence-corrected chi connectivity index (χ1v) is 6.13. The van der Waals surface area contributed by atoms with Gasteiger partial charge in [-0.2, -0.15) is 0 Å². The molecular formula is C13H18N4O. The quantitative estimate of drug-likeness (QED) is 0.770. The molecule has 0 fully saturated rings. The maximum absolute atomic E-state index is 11.9. The number of nitrogens with two attached hydrogens (primary N) is 1. The molecule has 0 bridgehead atoms. The standard InChI is InChI=1S/C13H18N4O/c1-3-8(2)11(14)12(18)17-13-15-9-6-4-5-7-10(9)16-13/h4-8,11H,3,14H2,1-2H3,(H2,15,16,17,18). The number of H-pyrrole nitrogens is 1. The molecule has 0 aliphatic heterocycles. The molecule has 2 rings (SSSR count). The van der Waals surface area contributed by atoms with Crippen LogP contribution >= 0.6 is 0 Å². The summed E-state index contributed by atoms with van der Waals surface area (Å²) >= 11 is 0. The molecule has 1 heterocycles. The van der Waals surface area contributed by atoms with Crippen LogP contribution in [-0.2, 0) is 4.79 Å². The number of rotatable bonds is 4. The maximum Gasteiger partial charge on any atom is 0.243 e. The third-order valence-corrected chi connectivity index (χ3v) is 3.19. The van der Waals surface area contributed by atoms with Crippen molar-refractivity contribution in [1.82, 2.24) is 9.97 Å². The zero-order valence-corrected chi connectivity index (χ0v) is 10.6. The fourth-order valence-corrected chi connectivity index (χ4v) is 1.72. The van der Waals surface area contributed by atoms with Gasteiger partial charge in [0.15, 0.2) is 0 Å². The summed E-state index contributed by atoms with van der Waals surface area (Å²) in [6.45, 7) is 3.97. The van der Waals surface area contributed by atoms with E-state index in [0.29, 0.717) is 5.95 Å². The number of aromatic amines is 1. The second-order valence-corrected chi connectivity index (χ2v) is 4.50. The number of imidazole rings is 1. The molecule has 1 aromatic heterocycles. The Labute approximate surface area is 106 Å². The van der Waals surface area contributed by atoms with Crippen LogP contribution in [0.4, 0.5) is 5.95 Å². The van der Waals surface area contributed by atoms with Gasteiger partial charge in [0.25, 0.3) is 0 Å². The van der Waals surface area contributed by atoms with E-state index in [1.165, 1.54) is 0 Å². The number of nitrogens with zero attached hydrogens (tertiary/aromatic N) is 1. The van der Waals surface area contributed by atoms with Crippen LogP contribution in [0, 0.1) is 5.92 Å². The van der Waals surface area contributed by atoms with Gasteiger partial charge in [0, 0.05) is 0 Å². The van der Waals surface area contributed by atoms with Crippen LogP contribution in [0.3, 0.4) is 0 Å². The van der Waals surface area contributed by atoms with Crippen LogP contribution in [0.1, 0.15) is 20.3 Å². The lowest BCUT2D eigenvalue weighted by molar-refractivity contribution is -0.118. The second-order valence-electron chi connectivity index (χ2n) is 4.50. The number of hydrogen-bond acceptors (Lipinski definition) is 3. The predicted molar refractivity (Wildman–Crippen MR) is 72.2 cm³/mol. The minimum Gasteiger partial charge on any atom is -0.324 e. The lowest BCUT2D eigenvalue weighted by Gasteiger charge is -2.16. The zero-order chi connectivity index (χ0) is 13.1. The van der Waals surface area contributed by atoms with Gasteiger partial charge in [-0.05, 0) is 18.1 Å². The molecule has 1 amide bonds. The summed E-state index contributed by atoms with van der Waals surface area (Å²) < 4.78 is 0. The van der Waals surface area contributed by atoms with Gasteiger partial charge < -0.3 is 10.7 Å². The third kappa shape index (κ3) is 2.51. The normalized spacial score (nSPS) is 14.4. The van der Waals surface area contributed by atoms with Crippen LogP contribution in [0.25, 0.3) is 11.0 Å². The highest BCUT2D eigenvalue weighted by Gasteiger charge is 2.20. The summed E-state index contributed by atoms with van der Waals surface area (Å²) in [5.74, 6) is 0.387. The van der Waals surface area contributed by atoms with E-state index in [9.17, 15) is 4.79 Å². The Bertz CT molecular complexity index is 516. The van der Waals surface area contributed by atoms with E-state index < -0.39 is 6.04 Å². The van der Waals surface area contributed by atoms with E-state index in [1.54, 1.807) is 0 Å². The molecule has 2 aromatic rings. The van der Waals surface area contributed by atoms with Gasteiger partial charge in [0.05, 0.1) is 17.1 Å². The average Bonchev–Trinajstić information content (AvgIpc) is 2.78. The molecule has 2 atom stereocenters. The average molecular weight is 246 g/mol.